The third-order valence-electron chi connectivity index (χ3n) is 3.83. The molecule has 2 unspecified atom stereocenters. The summed E-state index contributed by atoms with van der Waals surface area (Å²) in [4.78, 5) is 16.8. The Morgan fingerprint density at radius 3 is 2.58 bits per heavy atom. The molecule has 1 fully saturated rings. The van der Waals surface area contributed by atoms with E-state index in [1.807, 2.05) is 20.8 Å². The summed E-state index contributed by atoms with van der Waals surface area (Å²) >= 11 is 0. The van der Waals surface area contributed by atoms with Crippen molar-refractivity contribution in [3.63, 3.8) is 0 Å². The number of hydrogen-bond acceptors (Lipinski definition) is 5. The number of likely N-dealkylation sites (N-methyl/N-ethyl adjacent to an activating group) is 1. The van der Waals surface area contributed by atoms with Crippen LogP contribution in [0.25, 0.3) is 0 Å². The van der Waals surface area contributed by atoms with Gasteiger partial charge in [-0.1, -0.05) is 0 Å². The van der Waals surface area contributed by atoms with Gasteiger partial charge in [0.2, 0.25) is 0 Å². The Morgan fingerprint density at radius 1 is 1.47 bits per heavy atom. The zero-order chi connectivity index (χ0) is 14.6. The third-order valence-corrected chi connectivity index (χ3v) is 3.83. The van der Waals surface area contributed by atoms with E-state index in [1.165, 1.54) is 7.11 Å². The lowest BCUT2D eigenvalue weighted by atomic mass is 9.99. The number of carbonyl (C=O) groups excluding carboxylic acids is 1. The first-order chi connectivity index (χ1) is 8.78. The van der Waals surface area contributed by atoms with Crippen LogP contribution in [0.5, 0.6) is 0 Å². The van der Waals surface area contributed by atoms with Gasteiger partial charge in [-0.25, -0.2) is 0 Å². The minimum Gasteiger partial charge on any atom is -0.468 e. The molecule has 19 heavy (non-hydrogen) atoms. The van der Waals surface area contributed by atoms with Crippen molar-refractivity contribution >= 4 is 5.97 Å². The van der Waals surface area contributed by atoms with Crippen molar-refractivity contribution < 1.29 is 9.53 Å². The summed E-state index contributed by atoms with van der Waals surface area (Å²) in [5, 5.41) is 3.35. The van der Waals surface area contributed by atoms with Gasteiger partial charge in [0, 0.05) is 38.3 Å². The highest BCUT2D eigenvalue weighted by atomic mass is 16.5. The van der Waals surface area contributed by atoms with Gasteiger partial charge in [0.15, 0.2) is 0 Å². The maximum absolute atomic E-state index is 12.1. The van der Waals surface area contributed by atoms with Crippen molar-refractivity contribution in [2.75, 3.05) is 40.3 Å². The summed E-state index contributed by atoms with van der Waals surface area (Å²) in [6.07, 6.45) is 0. The zero-order valence-electron chi connectivity index (χ0n) is 13.2. The van der Waals surface area contributed by atoms with Crippen LogP contribution in [0.2, 0.25) is 0 Å². The molecule has 0 radical (unpaired) electrons. The Bertz CT molecular complexity index is 309. The molecule has 1 rings (SSSR count). The molecule has 5 heteroatoms. The van der Waals surface area contributed by atoms with Crippen molar-refractivity contribution in [1.29, 1.82) is 0 Å². The second-order valence-electron chi connectivity index (χ2n) is 6.19. The van der Waals surface area contributed by atoms with Crippen LogP contribution in [0.3, 0.4) is 0 Å². The molecule has 0 bridgehead atoms. The van der Waals surface area contributed by atoms with E-state index in [1.54, 1.807) is 0 Å². The fraction of sp³-hybridized carbons (Fsp3) is 0.929. The van der Waals surface area contributed by atoms with Crippen LogP contribution in [0.1, 0.15) is 27.7 Å². The predicted octanol–water partition coefficient (Wildman–Crippen LogP) is 0.552. The molecule has 0 saturated carbocycles. The molecule has 1 heterocycles. The highest BCUT2D eigenvalue weighted by molar-refractivity contribution is 5.80. The standard InChI is InChI=1S/C14H29N3O2/c1-11(2)15-14(4,13(18)19-6)10-17-8-7-16(5)12(3)9-17/h11-12,15H,7-10H2,1-6H3. The van der Waals surface area contributed by atoms with Crippen molar-refractivity contribution in [2.45, 2.75) is 45.3 Å². The fourth-order valence-corrected chi connectivity index (χ4v) is 2.75. The van der Waals surface area contributed by atoms with Crippen molar-refractivity contribution in [3.05, 3.63) is 0 Å². The molecule has 112 valence electrons. The second-order valence-corrected chi connectivity index (χ2v) is 6.19. The lowest BCUT2D eigenvalue weighted by Crippen LogP contribution is -2.62. The van der Waals surface area contributed by atoms with Crippen LogP contribution >= 0.6 is 0 Å². The number of nitrogens with one attached hydrogen (secondary N) is 1. The quantitative estimate of drug-likeness (QED) is 0.740. The number of rotatable bonds is 5. The van der Waals surface area contributed by atoms with Gasteiger partial charge in [-0.2, -0.15) is 0 Å². The summed E-state index contributed by atoms with van der Waals surface area (Å²) < 4.78 is 4.97. The van der Waals surface area contributed by atoms with E-state index in [9.17, 15) is 4.79 Å². The zero-order valence-corrected chi connectivity index (χ0v) is 13.2. The molecular weight excluding hydrogens is 242 g/mol. The minimum atomic E-state index is -0.640. The molecule has 1 aliphatic heterocycles. The predicted molar refractivity (Wildman–Crippen MR) is 77.2 cm³/mol. The average Bonchev–Trinajstić information content (AvgIpc) is 2.31. The van der Waals surface area contributed by atoms with Crippen LogP contribution in [-0.2, 0) is 9.53 Å². The molecule has 0 aromatic carbocycles. The van der Waals surface area contributed by atoms with Gasteiger partial charge >= 0.3 is 5.97 Å². The number of esters is 1. The van der Waals surface area contributed by atoms with Crippen molar-refractivity contribution in [2.24, 2.45) is 0 Å². The van der Waals surface area contributed by atoms with E-state index in [0.29, 0.717) is 12.6 Å². The first-order valence-electron chi connectivity index (χ1n) is 7.07. The first-order valence-corrected chi connectivity index (χ1v) is 7.07. The van der Waals surface area contributed by atoms with Crippen molar-refractivity contribution in [3.8, 4) is 0 Å². The lowest BCUT2D eigenvalue weighted by molar-refractivity contribution is -0.149. The second kappa shape index (κ2) is 6.68. The molecule has 0 aliphatic carbocycles. The van der Waals surface area contributed by atoms with Crippen LogP contribution < -0.4 is 5.32 Å². The van der Waals surface area contributed by atoms with E-state index in [4.69, 9.17) is 4.74 Å². The Kier molecular flexibility index (Phi) is 5.77. The highest BCUT2D eigenvalue weighted by Gasteiger charge is 2.37. The van der Waals surface area contributed by atoms with Gasteiger partial charge in [-0.05, 0) is 34.7 Å². The molecule has 1 aliphatic rings. The average molecular weight is 271 g/mol. The van der Waals surface area contributed by atoms with E-state index in [-0.39, 0.29) is 12.0 Å². The largest absolute Gasteiger partial charge is 0.468 e. The van der Waals surface area contributed by atoms with Crippen LogP contribution in [-0.4, -0.2) is 73.7 Å². The van der Waals surface area contributed by atoms with E-state index < -0.39 is 5.54 Å². The third kappa shape index (κ3) is 4.44. The number of ether oxygens (including phenoxy) is 1. The summed E-state index contributed by atoms with van der Waals surface area (Å²) in [5.41, 5.74) is -0.640. The summed E-state index contributed by atoms with van der Waals surface area (Å²) in [6.45, 7) is 12.0. The molecule has 1 N–H and O–H groups in total. The molecular formula is C14H29N3O2. The number of carbonyl (C=O) groups is 1. The molecule has 5 nitrogen and oxygen atoms in total. The minimum absolute atomic E-state index is 0.187. The smallest absolute Gasteiger partial charge is 0.327 e. The Hall–Kier alpha value is -0.650. The van der Waals surface area contributed by atoms with E-state index in [0.717, 1.165) is 19.6 Å². The summed E-state index contributed by atoms with van der Waals surface area (Å²) in [5.74, 6) is -0.187. The SMILES string of the molecule is COC(=O)C(C)(CN1CCN(C)C(C)C1)NC(C)C. The summed E-state index contributed by atoms with van der Waals surface area (Å²) in [7, 11) is 3.60. The van der Waals surface area contributed by atoms with E-state index in [2.05, 4.69) is 29.1 Å². The Labute approximate surface area is 117 Å². The van der Waals surface area contributed by atoms with Gasteiger partial charge in [0.05, 0.1) is 7.11 Å². The first kappa shape index (κ1) is 16.4. The molecule has 0 amide bonds. The van der Waals surface area contributed by atoms with Crippen LogP contribution in [0.4, 0.5) is 0 Å². The highest BCUT2D eigenvalue weighted by Crippen LogP contribution is 2.14. The van der Waals surface area contributed by atoms with Gasteiger partial charge in [-0.3, -0.25) is 15.0 Å². The van der Waals surface area contributed by atoms with Crippen molar-refractivity contribution in [1.82, 2.24) is 15.1 Å². The number of hydrogen-bond donors (Lipinski definition) is 1. The Morgan fingerprint density at radius 2 is 2.11 bits per heavy atom. The molecule has 1 saturated heterocycles. The topological polar surface area (TPSA) is 44.8 Å². The van der Waals surface area contributed by atoms with Crippen LogP contribution in [0.15, 0.2) is 0 Å². The maximum Gasteiger partial charge on any atom is 0.327 e. The van der Waals surface area contributed by atoms with Gasteiger partial charge in [-0.15, -0.1) is 0 Å². The molecule has 2 atom stereocenters. The number of methoxy groups -OCH3 is 1. The van der Waals surface area contributed by atoms with Gasteiger partial charge < -0.3 is 9.64 Å². The molecule has 0 aromatic rings. The number of nitrogens with zero attached hydrogens (tertiary/aromatic N) is 2. The van der Waals surface area contributed by atoms with E-state index >= 15 is 0 Å². The van der Waals surface area contributed by atoms with Gasteiger partial charge in [0.1, 0.15) is 5.54 Å². The monoisotopic (exact) mass is 271 g/mol. The fourth-order valence-electron chi connectivity index (χ4n) is 2.75. The Balaban J connectivity index is 2.70. The maximum atomic E-state index is 12.1. The van der Waals surface area contributed by atoms with Gasteiger partial charge in [0.25, 0.3) is 0 Å². The normalized spacial score (nSPS) is 25.3. The lowest BCUT2D eigenvalue weighted by Gasteiger charge is -2.42. The molecule has 0 aromatic heterocycles. The molecule has 0 spiro atoms. The van der Waals surface area contributed by atoms with Crippen LogP contribution in [0, 0.1) is 0 Å². The summed E-state index contributed by atoms with van der Waals surface area (Å²) in [6, 6.07) is 0.767. The number of piperazine rings is 1.